The van der Waals surface area contributed by atoms with Crippen LogP contribution < -0.4 is 16.4 Å². The highest BCUT2D eigenvalue weighted by atomic mass is 16.2. The van der Waals surface area contributed by atoms with Crippen molar-refractivity contribution >= 4 is 22.8 Å². The molecule has 0 saturated carbocycles. The molecule has 4 rings (SSSR count). The predicted molar refractivity (Wildman–Crippen MR) is 131 cm³/mol. The smallest absolute Gasteiger partial charge is 0.316 e. The first-order chi connectivity index (χ1) is 16.4. The quantitative estimate of drug-likeness (QED) is 0.550. The normalized spacial score (nSPS) is 15.3. The standard InChI is InChI=1S/C26H30N4O4/c1-3-20(17-8-6-5-7-9-17)25(33)29-14-12-19(13-15-29)27-23(31)18-10-11-22-21(16-18)28-24(32)26(34)30(22)4-2/h5-11,16,19-20H,3-4,12-15H2,1-2H3,(H,27,31)(H,28,32). The van der Waals surface area contributed by atoms with Gasteiger partial charge in [0.05, 0.1) is 17.0 Å². The van der Waals surface area contributed by atoms with Gasteiger partial charge in [-0.1, -0.05) is 37.3 Å². The van der Waals surface area contributed by atoms with Crippen molar-refractivity contribution in [2.24, 2.45) is 0 Å². The highest BCUT2D eigenvalue weighted by molar-refractivity contribution is 5.97. The van der Waals surface area contributed by atoms with Crippen LogP contribution in [0.3, 0.4) is 0 Å². The molecule has 1 aliphatic rings. The number of hydrogen-bond acceptors (Lipinski definition) is 4. The molecule has 1 aromatic heterocycles. The third-order valence-electron chi connectivity index (χ3n) is 6.60. The van der Waals surface area contributed by atoms with Crippen LogP contribution in [0, 0.1) is 0 Å². The third-order valence-corrected chi connectivity index (χ3v) is 6.60. The van der Waals surface area contributed by atoms with E-state index in [0.29, 0.717) is 49.1 Å². The number of aromatic nitrogens is 2. The van der Waals surface area contributed by atoms with Gasteiger partial charge in [-0.05, 0) is 49.9 Å². The zero-order valence-corrected chi connectivity index (χ0v) is 19.5. The van der Waals surface area contributed by atoms with E-state index in [-0.39, 0.29) is 23.8 Å². The van der Waals surface area contributed by atoms with Crippen LogP contribution in [0.4, 0.5) is 0 Å². The number of aryl methyl sites for hydroxylation is 1. The molecule has 0 bridgehead atoms. The van der Waals surface area contributed by atoms with E-state index in [0.717, 1.165) is 12.0 Å². The number of nitrogens with one attached hydrogen (secondary N) is 2. The van der Waals surface area contributed by atoms with E-state index >= 15 is 0 Å². The Hall–Kier alpha value is -3.68. The van der Waals surface area contributed by atoms with Gasteiger partial charge in [-0.15, -0.1) is 0 Å². The average Bonchev–Trinajstić information content (AvgIpc) is 2.86. The molecular formula is C26H30N4O4. The number of amides is 2. The van der Waals surface area contributed by atoms with Crippen LogP contribution in [-0.4, -0.2) is 45.4 Å². The fraction of sp³-hybridized carbons (Fsp3) is 0.385. The molecule has 8 nitrogen and oxygen atoms in total. The van der Waals surface area contributed by atoms with Crippen LogP contribution in [-0.2, 0) is 11.3 Å². The minimum absolute atomic E-state index is 0.0345. The molecule has 1 atom stereocenters. The minimum atomic E-state index is -0.704. The summed E-state index contributed by atoms with van der Waals surface area (Å²) >= 11 is 0. The lowest BCUT2D eigenvalue weighted by molar-refractivity contribution is -0.134. The van der Waals surface area contributed by atoms with Crippen molar-refractivity contribution in [2.75, 3.05) is 13.1 Å². The van der Waals surface area contributed by atoms with Crippen molar-refractivity contribution in [3.63, 3.8) is 0 Å². The van der Waals surface area contributed by atoms with Crippen LogP contribution >= 0.6 is 0 Å². The van der Waals surface area contributed by atoms with E-state index in [1.165, 1.54) is 4.57 Å². The number of H-pyrrole nitrogens is 1. The molecule has 1 saturated heterocycles. The maximum absolute atomic E-state index is 13.1. The van der Waals surface area contributed by atoms with Gasteiger partial charge in [0, 0.05) is 31.2 Å². The van der Waals surface area contributed by atoms with Gasteiger partial charge < -0.3 is 19.8 Å². The van der Waals surface area contributed by atoms with Gasteiger partial charge in [-0.2, -0.15) is 0 Å². The first-order valence-electron chi connectivity index (χ1n) is 11.8. The van der Waals surface area contributed by atoms with Gasteiger partial charge in [0.15, 0.2) is 0 Å². The fourth-order valence-electron chi connectivity index (χ4n) is 4.71. The summed E-state index contributed by atoms with van der Waals surface area (Å²) in [7, 11) is 0. The maximum Gasteiger partial charge on any atom is 0.316 e. The van der Waals surface area contributed by atoms with Crippen LogP contribution in [0.1, 0.15) is 54.9 Å². The number of likely N-dealkylation sites (tertiary alicyclic amines) is 1. The van der Waals surface area contributed by atoms with Crippen molar-refractivity contribution in [3.8, 4) is 0 Å². The molecule has 0 radical (unpaired) electrons. The molecule has 2 N–H and O–H groups in total. The first kappa shape index (κ1) is 23.5. The topological polar surface area (TPSA) is 104 Å². The average molecular weight is 463 g/mol. The molecule has 1 fully saturated rings. The van der Waals surface area contributed by atoms with E-state index in [9.17, 15) is 19.2 Å². The lowest BCUT2D eigenvalue weighted by Gasteiger charge is -2.34. The zero-order valence-electron chi connectivity index (χ0n) is 19.5. The van der Waals surface area contributed by atoms with E-state index in [2.05, 4.69) is 10.3 Å². The summed E-state index contributed by atoms with van der Waals surface area (Å²) in [5.41, 5.74) is 1.17. The number of hydrogen-bond donors (Lipinski definition) is 2. The summed E-state index contributed by atoms with van der Waals surface area (Å²) in [5.74, 6) is -0.246. The first-order valence-corrected chi connectivity index (χ1v) is 11.8. The number of benzene rings is 2. The monoisotopic (exact) mass is 462 g/mol. The highest BCUT2D eigenvalue weighted by Crippen LogP contribution is 2.24. The van der Waals surface area contributed by atoms with Gasteiger partial charge in [-0.3, -0.25) is 19.2 Å². The van der Waals surface area contributed by atoms with Gasteiger partial charge in [0.2, 0.25) is 5.91 Å². The Morgan fingerprint density at radius 3 is 2.41 bits per heavy atom. The number of piperidine rings is 1. The molecule has 2 amide bonds. The van der Waals surface area contributed by atoms with Gasteiger partial charge in [-0.25, -0.2) is 0 Å². The van der Waals surface area contributed by atoms with Crippen LogP contribution in [0.5, 0.6) is 0 Å². The number of nitrogens with zero attached hydrogens (tertiary/aromatic N) is 2. The SMILES string of the molecule is CCC(C(=O)N1CCC(NC(=O)c2ccc3c(c2)[nH]c(=O)c(=O)n3CC)CC1)c1ccccc1. The lowest BCUT2D eigenvalue weighted by atomic mass is 9.93. The number of aromatic amines is 1. The Balaban J connectivity index is 1.40. The molecule has 178 valence electrons. The number of rotatable bonds is 6. The second-order valence-corrected chi connectivity index (χ2v) is 8.68. The summed E-state index contributed by atoms with van der Waals surface area (Å²) in [6.07, 6.45) is 2.11. The molecule has 3 aromatic rings. The minimum Gasteiger partial charge on any atom is -0.349 e. The maximum atomic E-state index is 13.1. The highest BCUT2D eigenvalue weighted by Gasteiger charge is 2.29. The van der Waals surface area contributed by atoms with E-state index < -0.39 is 11.1 Å². The number of fused-ring (bicyclic) bond motifs is 1. The van der Waals surface area contributed by atoms with E-state index in [1.807, 2.05) is 42.2 Å². The summed E-state index contributed by atoms with van der Waals surface area (Å²) in [4.78, 5) is 54.4. The Bertz CT molecular complexity index is 1300. The molecule has 0 aliphatic carbocycles. The Kier molecular flexibility index (Phi) is 6.95. The molecule has 1 unspecified atom stereocenters. The molecule has 1 aliphatic heterocycles. The second kappa shape index (κ2) is 10.1. The molecule has 2 heterocycles. The lowest BCUT2D eigenvalue weighted by Crippen LogP contribution is -2.47. The number of carbonyl (C=O) groups is 2. The summed E-state index contributed by atoms with van der Waals surface area (Å²) in [6, 6.07) is 14.8. The largest absolute Gasteiger partial charge is 0.349 e. The van der Waals surface area contributed by atoms with Crippen molar-refractivity contribution in [2.45, 2.75) is 51.6 Å². The fourth-order valence-corrected chi connectivity index (χ4v) is 4.71. The summed E-state index contributed by atoms with van der Waals surface area (Å²) < 4.78 is 1.39. The van der Waals surface area contributed by atoms with Gasteiger partial charge in [0.25, 0.3) is 5.91 Å². The molecule has 2 aromatic carbocycles. The van der Waals surface area contributed by atoms with Gasteiger partial charge >= 0.3 is 11.1 Å². The Morgan fingerprint density at radius 1 is 1.06 bits per heavy atom. The van der Waals surface area contributed by atoms with Crippen LogP contribution in [0.2, 0.25) is 0 Å². The summed E-state index contributed by atoms with van der Waals surface area (Å²) in [6.45, 7) is 5.38. The molecule has 0 spiro atoms. The zero-order chi connectivity index (χ0) is 24.2. The van der Waals surface area contributed by atoms with Crippen molar-refractivity contribution < 1.29 is 9.59 Å². The summed E-state index contributed by atoms with van der Waals surface area (Å²) in [5, 5.41) is 3.05. The third kappa shape index (κ3) is 4.66. The molecular weight excluding hydrogens is 432 g/mol. The Morgan fingerprint density at radius 2 is 1.76 bits per heavy atom. The molecule has 8 heteroatoms. The number of carbonyl (C=O) groups excluding carboxylic acids is 2. The van der Waals surface area contributed by atoms with Crippen LogP contribution in [0.15, 0.2) is 58.1 Å². The van der Waals surface area contributed by atoms with Crippen LogP contribution in [0.25, 0.3) is 11.0 Å². The van der Waals surface area contributed by atoms with E-state index in [1.54, 1.807) is 25.1 Å². The van der Waals surface area contributed by atoms with Crippen molar-refractivity contribution in [1.29, 1.82) is 0 Å². The predicted octanol–water partition coefficient (Wildman–Crippen LogP) is 2.62. The van der Waals surface area contributed by atoms with Crippen molar-refractivity contribution in [3.05, 3.63) is 80.4 Å². The van der Waals surface area contributed by atoms with Gasteiger partial charge in [0.1, 0.15) is 0 Å². The van der Waals surface area contributed by atoms with E-state index in [4.69, 9.17) is 0 Å². The second-order valence-electron chi connectivity index (χ2n) is 8.68. The molecule has 34 heavy (non-hydrogen) atoms. The Labute approximate surface area is 197 Å². The van der Waals surface area contributed by atoms with Crippen molar-refractivity contribution in [1.82, 2.24) is 19.8 Å².